The molecule has 4 rings (SSSR count). The van der Waals surface area contributed by atoms with Crippen molar-refractivity contribution in [3.8, 4) is 11.3 Å². The summed E-state index contributed by atoms with van der Waals surface area (Å²) in [5, 5.41) is 10.1. The number of rotatable bonds is 3. The van der Waals surface area contributed by atoms with Gasteiger partial charge in [-0.05, 0) is 32.9 Å². The highest BCUT2D eigenvalue weighted by Crippen LogP contribution is 2.29. The fourth-order valence-corrected chi connectivity index (χ4v) is 3.36. The van der Waals surface area contributed by atoms with Crippen molar-refractivity contribution in [2.75, 3.05) is 5.32 Å². The van der Waals surface area contributed by atoms with Crippen LogP contribution in [-0.4, -0.2) is 30.5 Å². The van der Waals surface area contributed by atoms with Crippen molar-refractivity contribution in [1.29, 1.82) is 0 Å². The Balaban J connectivity index is 1.68. The molecule has 0 radical (unpaired) electrons. The molecular formula is C18H16N6OS. The smallest absolute Gasteiger partial charge is 0.295 e. The van der Waals surface area contributed by atoms with Crippen molar-refractivity contribution in [2.24, 2.45) is 0 Å². The van der Waals surface area contributed by atoms with Gasteiger partial charge in [-0.2, -0.15) is 4.98 Å². The highest BCUT2D eigenvalue weighted by molar-refractivity contribution is 7.09. The van der Waals surface area contributed by atoms with Gasteiger partial charge in [0, 0.05) is 22.3 Å². The van der Waals surface area contributed by atoms with Crippen molar-refractivity contribution in [3.05, 3.63) is 57.9 Å². The summed E-state index contributed by atoms with van der Waals surface area (Å²) in [7, 11) is 0. The molecule has 0 saturated heterocycles. The van der Waals surface area contributed by atoms with E-state index in [1.54, 1.807) is 15.9 Å². The van der Waals surface area contributed by atoms with E-state index in [0.29, 0.717) is 11.5 Å². The van der Waals surface area contributed by atoms with Crippen molar-refractivity contribution < 1.29 is 4.79 Å². The average molecular weight is 364 g/mol. The van der Waals surface area contributed by atoms with Gasteiger partial charge in [0.05, 0.1) is 16.4 Å². The van der Waals surface area contributed by atoms with Gasteiger partial charge < -0.3 is 5.32 Å². The van der Waals surface area contributed by atoms with E-state index >= 15 is 0 Å². The second-order valence-electron chi connectivity index (χ2n) is 5.94. The third-order valence-corrected chi connectivity index (χ3v) is 4.67. The van der Waals surface area contributed by atoms with E-state index in [9.17, 15) is 4.79 Å². The minimum atomic E-state index is -0.382. The Kier molecular flexibility index (Phi) is 3.96. The van der Waals surface area contributed by atoms with Crippen LogP contribution >= 0.6 is 11.3 Å². The first kappa shape index (κ1) is 16.3. The lowest BCUT2D eigenvalue weighted by atomic mass is 10.1. The number of aromatic nitrogens is 5. The van der Waals surface area contributed by atoms with Gasteiger partial charge in [-0.15, -0.1) is 16.4 Å². The first-order valence-electron chi connectivity index (χ1n) is 8.05. The number of aryl methyl sites for hydroxylation is 3. The number of hydrogen-bond acceptors (Lipinski definition) is 6. The summed E-state index contributed by atoms with van der Waals surface area (Å²) in [6, 6.07) is 9.44. The third-order valence-electron chi connectivity index (χ3n) is 3.89. The topological polar surface area (TPSA) is 85.1 Å². The lowest BCUT2D eigenvalue weighted by molar-refractivity contribution is 0.101. The van der Waals surface area contributed by atoms with E-state index in [1.807, 2.05) is 56.5 Å². The first-order valence-corrected chi connectivity index (χ1v) is 8.93. The van der Waals surface area contributed by atoms with E-state index < -0.39 is 0 Å². The van der Waals surface area contributed by atoms with Crippen molar-refractivity contribution in [1.82, 2.24) is 24.6 Å². The second kappa shape index (κ2) is 6.30. The number of thiazole rings is 1. The molecular weight excluding hydrogens is 348 g/mol. The van der Waals surface area contributed by atoms with Crippen LogP contribution in [0.3, 0.4) is 0 Å². The summed E-state index contributed by atoms with van der Waals surface area (Å²) in [4.78, 5) is 25.7. The summed E-state index contributed by atoms with van der Waals surface area (Å²) in [6.45, 7) is 5.73. The van der Waals surface area contributed by atoms with Crippen LogP contribution in [0.1, 0.15) is 27.0 Å². The van der Waals surface area contributed by atoms with Crippen LogP contribution in [0.25, 0.3) is 17.0 Å². The number of nitrogens with zero attached hydrogens (tertiary/aromatic N) is 5. The second-order valence-corrected chi connectivity index (χ2v) is 7.00. The molecule has 0 fully saturated rings. The molecule has 3 heterocycles. The fourth-order valence-electron chi connectivity index (χ4n) is 2.74. The highest BCUT2D eigenvalue weighted by Gasteiger charge is 2.17. The van der Waals surface area contributed by atoms with Gasteiger partial charge in [0.25, 0.3) is 11.7 Å². The van der Waals surface area contributed by atoms with Gasteiger partial charge in [0.2, 0.25) is 5.82 Å². The van der Waals surface area contributed by atoms with Gasteiger partial charge >= 0.3 is 0 Å². The lowest BCUT2D eigenvalue weighted by Gasteiger charge is -2.07. The maximum atomic E-state index is 12.7. The summed E-state index contributed by atoms with van der Waals surface area (Å²) in [5.41, 5.74) is 4.07. The Morgan fingerprint density at radius 1 is 1.12 bits per heavy atom. The van der Waals surface area contributed by atoms with Crippen LogP contribution in [-0.2, 0) is 0 Å². The van der Waals surface area contributed by atoms with E-state index in [2.05, 4.69) is 25.4 Å². The highest BCUT2D eigenvalue weighted by atomic mass is 32.1. The van der Waals surface area contributed by atoms with Gasteiger partial charge in [0.15, 0.2) is 0 Å². The number of hydrogen-bond donors (Lipinski definition) is 1. The normalized spacial score (nSPS) is 11.0. The molecule has 1 aromatic carbocycles. The molecule has 26 heavy (non-hydrogen) atoms. The van der Waals surface area contributed by atoms with Gasteiger partial charge in [0.1, 0.15) is 0 Å². The van der Waals surface area contributed by atoms with E-state index in [1.165, 1.54) is 0 Å². The molecule has 130 valence electrons. The molecule has 0 bridgehead atoms. The van der Waals surface area contributed by atoms with Crippen molar-refractivity contribution in [2.45, 2.75) is 20.8 Å². The maximum Gasteiger partial charge on any atom is 0.295 e. The number of nitrogens with one attached hydrogen (secondary N) is 1. The predicted molar refractivity (Wildman–Crippen MR) is 100 cm³/mol. The SMILES string of the molecule is Cc1cc(C)n2nc(C(=O)Nc3ccccc3-c3csc(C)n3)nc2n1. The number of para-hydroxylation sites is 1. The predicted octanol–water partition coefficient (Wildman–Crippen LogP) is 3.43. The van der Waals surface area contributed by atoms with Gasteiger partial charge in [-0.25, -0.2) is 14.5 Å². The lowest BCUT2D eigenvalue weighted by Crippen LogP contribution is -2.14. The standard InChI is InChI=1S/C18H16N6OS/c1-10-8-11(2)24-18(19-10)22-16(23-24)17(25)21-14-7-5-4-6-13(14)15-9-26-12(3)20-15/h4-9H,1-3H3,(H,21,25). The molecule has 7 nitrogen and oxygen atoms in total. The minimum Gasteiger partial charge on any atom is -0.319 e. The van der Waals surface area contributed by atoms with Crippen molar-refractivity contribution in [3.63, 3.8) is 0 Å². The minimum absolute atomic E-state index is 0.0791. The molecule has 3 aromatic heterocycles. The fraction of sp³-hybridized carbons (Fsp3) is 0.167. The summed E-state index contributed by atoms with van der Waals surface area (Å²) >= 11 is 1.57. The zero-order chi connectivity index (χ0) is 18.3. The molecule has 8 heteroatoms. The molecule has 1 N–H and O–H groups in total. The largest absolute Gasteiger partial charge is 0.319 e. The molecule has 0 spiro atoms. The number of anilines is 1. The van der Waals surface area contributed by atoms with E-state index in [0.717, 1.165) is 27.7 Å². The molecule has 0 aliphatic carbocycles. The number of amides is 1. The Hall–Kier alpha value is -3.13. The average Bonchev–Trinajstić information content (AvgIpc) is 3.22. The summed E-state index contributed by atoms with van der Waals surface area (Å²) in [5.74, 6) is 0.110. The van der Waals surface area contributed by atoms with Crippen LogP contribution < -0.4 is 5.32 Å². The Bertz CT molecular complexity index is 1130. The number of benzene rings is 1. The Morgan fingerprint density at radius 3 is 2.69 bits per heavy atom. The maximum absolute atomic E-state index is 12.7. The van der Waals surface area contributed by atoms with Crippen LogP contribution in [0.15, 0.2) is 35.7 Å². The van der Waals surface area contributed by atoms with Crippen LogP contribution in [0, 0.1) is 20.8 Å². The zero-order valence-electron chi connectivity index (χ0n) is 14.5. The monoisotopic (exact) mass is 364 g/mol. The number of carbonyl (C=O) groups is 1. The Labute approximate surface area is 153 Å². The van der Waals surface area contributed by atoms with Crippen LogP contribution in [0.4, 0.5) is 5.69 Å². The molecule has 0 aliphatic heterocycles. The zero-order valence-corrected chi connectivity index (χ0v) is 15.3. The quantitative estimate of drug-likeness (QED) is 0.602. The van der Waals surface area contributed by atoms with Gasteiger partial charge in [-0.1, -0.05) is 18.2 Å². The molecule has 0 unspecified atom stereocenters. The number of fused-ring (bicyclic) bond motifs is 1. The molecule has 4 aromatic rings. The summed E-state index contributed by atoms with van der Waals surface area (Å²) < 4.78 is 1.57. The Morgan fingerprint density at radius 2 is 1.92 bits per heavy atom. The van der Waals surface area contributed by atoms with Gasteiger partial charge in [-0.3, -0.25) is 4.79 Å². The molecule has 1 amide bonds. The third kappa shape index (κ3) is 2.95. The van der Waals surface area contributed by atoms with E-state index in [4.69, 9.17) is 0 Å². The number of carbonyl (C=O) groups excluding carboxylic acids is 1. The van der Waals surface area contributed by atoms with Crippen LogP contribution in [0.5, 0.6) is 0 Å². The van der Waals surface area contributed by atoms with E-state index in [-0.39, 0.29) is 11.7 Å². The van der Waals surface area contributed by atoms with Crippen LogP contribution in [0.2, 0.25) is 0 Å². The first-order chi connectivity index (χ1) is 12.5. The molecule has 0 aliphatic rings. The molecule has 0 saturated carbocycles. The summed E-state index contributed by atoms with van der Waals surface area (Å²) in [6.07, 6.45) is 0. The molecule has 0 atom stereocenters. The van der Waals surface area contributed by atoms with Crippen molar-refractivity contribution >= 4 is 28.7 Å².